The maximum Gasteiger partial charge on any atom is 0.242 e. The van der Waals surface area contributed by atoms with Crippen molar-refractivity contribution in [2.24, 2.45) is 0 Å². The smallest absolute Gasteiger partial charge is 0.242 e. The molecule has 0 saturated heterocycles. The molecule has 1 atom stereocenters. The Labute approximate surface area is 147 Å². The van der Waals surface area contributed by atoms with Crippen molar-refractivity contribution < 1.29 is 9.18 Å². The number of aryl methyl sites for hydroxylation is 1. The van der Waals surface area contributed by atoms with Gasteiger partial charge >= 0.3 is 0 Å². The number of aromatic nitrogens is 2. The molecular formula is C19H25FN4O. The number of hydrogen-bond acceptors (Lipinski definition) is 3. The van der Waals surface area contributed by atoms with E-state index >= 15 is 0 Å². The largest absolute Gasteiger partial charge is 0.349 e. The fourth-order valence-corrected chi connectivity index (χ4v) is 3.50. The molecule has 2 N–H and O–H groups in total. The lowest BCUT2D eigenvalue weighted by Crippen LogP contribution is -2.37. The van der Waals surface area contributed by atoms with Crippen molar-refractivity contribution in [2.45, 2.75) is 44.7 Å². The summed E-state index contributed by atoms with van der Waals surface area (Å²) in [6.07, 6.45) is 5.62. The fourth-order valence-electron chi connectivity index (χ4n) is 3.50. The van der Waals surface area contributed by atoms with E-state index in [1.54, 1.807) is 17.0 Å². The predicted molar refractivity (Wildman–Crippen MR) is 94.5 cm³/mol. The molecule has 0 saturated carbocycles. The van der Waals surface area contributed by atoms with Crippen molar-refractivity contribution in [1.29, 1.82) is 0 Å². The van der Waals surface area contributed by atoms with E-state index in [0.29, 0.717) is 12.1 Å². The molecule has 25 heavy (non-hydrogen) atoms. The summed E-state index contributed by atoms with van der Waals surface area (Å²) in [7, 11) is 3.63. The van der Waals surface area contributed by atoms with Gasteiger partial charge in [0, 0.05) is 5.69 Å². The standard InChI is InChI=1S/C19H25FN4O/c1-24(2)18(13-7-6-8-14(20)11-13)19(25)21-12-17-15-9-4-3-5-10-16(15)22-23-17/h6-8,11,18H,3-5,9-10,12H2,1-2H3,(H,21,25)(H,22,23). The van der Waals surface area contributed by atoms with Gasteiger partial charge in [0.2, 0.25) is 5.91 Å². The molecule has 1 aromatic carbocycles. The monoisotopic (exact) mass is 344 g/mol. The molecule has 1 amide bonds. The average molecular weight is 344 g/mol. The number of nitrogens with zero attached hydrogens (tertiary/aromatic N) is 2. The van der Waals surface area contributed by atoms with Crippen LogP contribution in [0.2, 0.25) is 0 Å². The molecule has 0 fully saturated rings. The van der Waals surface area contributed by atoms with Gasteiger partial charge in [-0.2, -0.15) is 5.10 Å². The molecule has 5 nitrogen and oxygen atoms in total. The summed E-state index contributed by atoms with van der Waals surface area (Å²) in [4.78, 5) is 14.5. The van der Waals surface area contributed by atoms with Gasteiger partial charge in [-0.15, -0.1) is 0 Å². The number of carbonyl (C=O) groups is 1. The van der Waals surface area contributed by atoms with Gasteiger partial charge in [0.1, 0.15) is 11.9 Å². The number of fused-ring (bicyclic) bond motifs is 1. The molecule has 1 aliphatic rings. The fraction of sp³-hybridized carbons (Fsp3) is 0.474. The average Bonchev–Trinajstić information content (AvgIpc) is 2.79. The number of hydrogen-bond donors (Lipinski definition) is 2. The van der Waals surface area contributed by atoms with Crippen LogP contribution in [-0.4, -0.2) is 35.1 Å². The third-order valence-electron chi connectivity index (χ3n) is 4.75. The summed E-state index contributed by atoms with van der Waals surface area (Å²) in [5.74, 6) is -0.490. The van der Waals surface area contributed by atoms with E-state index in [4.69, 9.17) is 0 Å². The van der Waals surface area contributed by atoms with Gasteiger partial charge in [-0.25, -0.2) is 4.39 Å². The van der Waals surface area contributed by atoms with Crippen molar-refractivity contribution in [3.05, 3.63) is 52.6 Å². The Morgan fingerprint density at radius 1 is 1.32 bits per heavy atom. The molecule has 1 heterocycles. The minimum Gasteiger partial charge on any atom is -0.349 e. The maximum absolute atomic E-state index is 13.5. The molecule has 1 aromatic heterocycles. The SMILES string of the molecule is CN(C)C(C(=O)NCc1n[nH]c2c1CCCCC2)c1cccc(F)c1. The van der Waals surface area contributed by atoms with Crippen LogP contribution in [0.1, 0.15) is 47.8 Å². The number of H-pyrrole nitrogens is 1. The van der Waals surface area contributed by atoms with Crippen LogP contribution in [0.15, 0.2) is 24.3 Å². The van der Waals surface area contributed by atoms with E-state index in [0.717, 1.165) is 25.0 Å². The van der Waals surface area contributed by atoms with Crippen LogP contribution in [0.5, 0.6) is 0 Å². The van der Waals surface area contributed by atoms with Crippen LogP contribution in [0.3, 0.4) is 0 Å². The lowest BCUT2D eigenvalue weighted by molar-refractivity contribution is -0.126. The minimum absolute atomic E-state index is 0.152. The Balaban J connectivity index is 1.71. The van der Waals surface area contributed by atoms with Crippen LogP contribution < -0.4 is 5.32 Å². The molecule has 3 rings (SSSR count). The maximum atomic E-state index is 13.5. The summed E-state index contributed by atoms with van der Waals surface area (Å²) in [6, 6.07) is 5.65. The van der Waals surface area contributed by atoms with Crippen molar-refractivity contribution in [3.63, 3.8) is 0 Å². The second-order valence-electron chi connectivity index (χ2n) is 6.83. The zero-order valence-electron chi connectivity index (χ0n) is 14.8. The van der Waals surface area contributed by atoms with Crippen LogP contribution in [0.4, 0.5) is 4.39 Å². The Morgan fingerprint density at radius 3 is 2.88 bits per heavy atom. The minimum atomic E-state index is -0.534. The summed E-state index contributed by atoms with van der Waals surface area (Å²) in [5.41, 5.74) is 4.02. The van der Waals surface area contributed by atoms with Crippen LogP contribution >= 0.6 is 0 Å². The molecule has 134 valence electrons. The summed E-state index contributed by atoms with van der Waals surface area (Å²) >= 11 is 0. The Hall–Kier alpha value is -2.21. The van der Waals surface area contributed by atoms with Crippen molar-refractivity contribution in [1.82, 2.24) is 20.4 Å². The highest BCUT2D eigenvalue weighted by Gasteiger charge is 2.24. The second kappa shape index (κ2) is 7.78. The molecule has 6 heteroatoms. The predicted octanol–water partition coefficient (Wildman–Crippen LogP) is 2.74. The molecule has 0 radical (unpaired) electrons. The zero-order valence-corrected chi connectivity index (χ0v) is 14.8. The number of aromatic amines is 1. The molecule has 1 unspecified atom stereocenters. The molecular weight excluding hydrogens is 319 g/mol. The Morgan fingerprint density at radius 2 is 2.12 bits per heavy atom. The van der Waals surface area contributed by atoms with E-state index in [9.17, 15) is 9.18 Å². The topological polar surface area (TPSA) is 61.0 Å². The van der Waals surface area contributed by atoms with Gasteiger partial charge < -0.3 is 5.32 Å². The quantitative estimate of drug-likeness (QED) is 0.820. The third kappa shape index (κ3) is 4.07. The highest BCUT2D eigenvalue weighted by atomic mass is 19.1. The van der Waals surface area contributed by atoms with Gasteiger partial charge in [0.25, 0.3) is 0 Å². The number of likely N-dealkylation sites (N-methyl/N-ethyl adjacent to an activating group) is 1. The highest BCUT2D eigenvalue weighted by Crippen LogP contribution is 2.23. The van der Waals surface area contributed by atoms with E-state index in [1.807, 2.05) is 14.1 Å². The van der Waals surface area contributed by atoms with Crippen molar-refractivity contribution in [3.8, 4) is 0 Å². The lowest BCUT2D eigenvalue weighted by atomic mass is 10.0. The van der Waals surface area contributed by atoms with E-state index in [-0.39, 0.29) is 11.7 Å². The third-order valence-corrected chi connectivity index (χ3v) is 4.75. The van der Waals surface area contributed by atoms with Crippen molar-refractivity contribution in [2.75, 3.05) is 14.1 Å². The van der Waals surface area contributed by atoms with Gasteiger partial charge in [0.05, 0.1) is 12.2 Å². The second-order valence-corrected chi connectivity index (χ2v) is 6.83. The lowest BCUT2D eigenvalue weighted by Gasteiger charge is -2.23. The Bertz CT molecular complexity index is 741. The first kappa shape index (κ1) is 17.6. The van der Waals surface area contributed by atoms with Gasteiger partial charge in [0.15, 0.2) is 0 Å². The number of carbonyl (C=O) groups excluding carboxylic acids is 1. The molecule has 0 spiro atoms. The van der Waals surface area contributed by atoms with E-state index in [1.165, 1.54) is 36.2 Å². The number of nitrogens with one attached hydrogen (secondary N) is 2. The summed E-state index contributed by atoms with van der Waals surface area (Å²) < 4.78 is 13.5. The first-order valence-electron chi connectivity index (χ1n) is 8.81. The van der Waals surface area contributed by atoms with E-state index in [2.05, 4.69) is 15.5 Å². The number of amides is 1. The molecule has 2 aromatic rings. The van der Waals surface area contributed by atoms with Crippen LogP contribution in [-0.2, 0) is 24.2 Å². The van der Waals surface area contributed by atoms with Crippen LogP contribution in [0.25, 0.3) is 0 Å². The number of benzene rings is 1. The normalized spacial score (nSPS) is 15.5. The molecule has 0 aliphatic heterocycles. The van der Waals surface area contributed by atoms with Gasteiger partial charge in [-0.3, -0.25) is 14.8 Å². The van der Waals surface area contributed by atoms with Crippen molar-refractivity contribution >= 4 is 5.91 Å². The molecule has 1 aliphatic carbocycles. The first-order chi connectivity index (χ1) is 12.1. The Kier molecular flexibility index (Phi) is 5.48. The summed E-state index contributed by atoms with van der Waals surface area (Å²) in [6.45, 7) is 0.393. The van der Waals surface area contributed by atoms with Gasteiger partial charge in [-0.05, 0) is 63.0 Å². The first-order valence-corrected chi connectivity index (χ1v) is 8.81. The summed E-state index contributed by atoms with van der Waals surface area (Å²) in [5, 5.41) is 10.5. The number of halogens is 1. The zero-order chi connectivity index (χ0) is 17.8. The van der Waals surface area contributed by atoms with Gasteiger partial charge in [-0.1, -0.05) is 18.6 Å². The van der Waals surface area contributed by atoms with Crippen LogP contribution in [0, 0.1) is 5.82 Å². The highest BCUT2D eigenvalue weighted by molar-refractivity contribution is 5.83. The number of rotatable bonds is 5. The van der Waals surface area contributed by atoms with E-state index < -0.39 is 6.04 Å². The molecule has 0 bridgehead atoms.